The quantitative estimate of drug-likeness (QED) is 0.733. The molecule has 0 aliphatic heterocycles. The van der Waals surface area contributed by atoms with Gasteiger partial charge >= 0.3 is 0 Å². The predicted molar refractivity (Wildman–Crippen MR) is 70.9 cm³/mol. The molecule has 0 amide bonds. The van der Waals surface area contributed by atoms with E-state index in [1.165, 1.54) is 16.5 Å². The Morgan fingerprint density at radius 1 is 1.06 bits per heavy atom. The third-order valence-electron chi connectivity index (χ3n) is 2.92. The van der Waals surface area contributed by atoms with E-state index in [-0.39, 0.29) is 0 Å². The maximum absolute atomic E-state index is 4.04. The fourth-order valence-electron chi connectivity index (χ4n) is 2.05. The van der Waals surface area contributed by atoms with Crippen LogP contribution in [0.5, 0.6) is 0 Å². The van der Waals surface area contributed by atoms with Gasteiger partial charge in [-0.2, -0.15) is 10.2 Å². The fourth-order valence-corrected chi connectivity index (χ4v) is 2.05. The molecule has 0 radical (unpaired) electrons. The smallest absolute Gasteiger partial charge is 0.0769 e. The Kier molecular flexibility index (Phi) is 3.02. The number of aromatic nitrogens is 3. The van der Waals surface area contributed by atoms with Crippen molar-refractivity contribution in [1.29, 1.82) is 0 Å². The molecule has 18 heavy (non-hydrogen) atoms. The van der Waals surface area contributed by atoms with Gasteiger partial charge in [-0.15, -0.1) is 0 Å². The molecule has 4 nitrogen and oxygen atoms in total. The molecule has 0 aliphatic rings. The van der Waals surface area contributed by atoms with Crippen molar-refractivity contribution in [2.24, 2.45) is 0 Å². The first-order valence-electron chi connectivity index (χ1n) is 5.96. The molecule has 0 spiro atoms. The number of benzene rings is 1. The molecule has 0 saturated heterocycles. The van der Waals surface area contributed by atoms with Gasteiger partial charge in [-0.05, 0) is 29.1 Å². The zero-order valence-corrected chi connectivity index (χ0v) is 9.93. The Balaban J connectivity index is 1.68. The van der Waals surface area contributed by atoms with E-state index in [0.717, 1.165) is 18.8 Å². The molecule has 3 aromatic rings. The van der Waals surface area contributed by atoms with Crippen molar-refractivity contribution in [3.8, 4) is 0 Å². The van der Waals surface area contributed by atoms with E-state index in [1.54, 1.807) is 6.20 Å². The maximum Gasteiger partial charge on any atom is 0.0769 e. The second-order valence-electron chi connectivity index (χ2n) is 4.18. The van der Waals surface area contributed by atoms with Crippen LogP contribution in [0, 0.1) is 0 Å². The van der Waals surface area contributed by atoms with E-state index in [4.69, 9.17) is 0 Å². The average Bonchev–Trinajstić information content (AvgIpc) is 2.89. The van der Waals surface area contributed by atoms with E-state index < -0.39 is 0 Å². The van der Waals surface area contributed by atoms with Crippen molar-refractivity contribution in [2.75, 3.05) is 0 Å². The molecule has 2 N–H and O–H groups in total. The topological polar surface area (TPSA) is 53.6 Å². The van der Waals surface area contributed by atoms with Crippen molar-refractivity contribution in [1.82, 2.24) is 20.5 Å². The van der Waals surface area contributed by atoms with E-state index >= 15 is 0 Å². The summed E-state index contributed by atoms with van der Waals surface area (Å²) in [7, 11) is 0. The van der Waals surface area contributed by atoms with Crippen LogP contribution in [0.4, 0.5) is 0 Å². The number of rotatable bonds is 4. The van der Waals surface area contributed by atoms with Gasteiger partial charge in [0.1, 0.15) is 0 Å². The van der Waals surface area contributed by atoms with Crippen LogP contribution in [-0.4, -0.2) is 15.2 Å². The highest BCUT2D eigenvalue weighted by Crippen LogP contribution is 2.16. The van der Waals surface area contributed by atoms with Crippen molar-refractivity contribution < 1.29 is 0 Å². The highest BCUT2D eigenvalue weighted by atomic mass is 15.1. The summed E-state index contributed by atoms with van der Waals surface area (Å²) in [6.07, 6.45) is 3.65. The van der Waals surface area contributed by atoms with Crippen LogP contribution in [0.2, 0.25) is 0 Å². The summed E-state index contributed by atoms with van der Waals surface area (Å²) >= 11 is 0. The number of nitrogens with zero attached hydrogens (tertiary/aromatic N) is 2. The standard InChI is InChI=1S/C14H14N4/c1-3-11-6-8-16-14(11)12(4-1)9-15-10-13-5-2-7-17-18-13/h1-8,15-16H,9-10H2. The monoisotopic (exact) mass is 238 g/mol. The number of H-pyrrole nitrogens is 1. The zero-order valence-electron chi connectivity index (χ0n) is 9.93. The van der Waals surface area contributed by atoms with Gasteiger partial charge in [0.05, 0.1) is 5.69 Å². The zero-order chi connectivity index (χ0) is 12.2. The Morgan fingerprint density at radius 2 is 2.06 bits per heavy atom. The third kappa shape index (κ3) is 2.24. The summed E-state index contributed by atoms with van der Waals surface area (Å²) in [5.41, 5.74) is 3.42. The molecule has 0 atom stereocenters. The highest BCUT2D eigenvalue weighted by Gasteiger charge is 2.01. The lowest BCUT2D eigenvalue weighted by Crippen LogP contribution is -2.14. The minimum atomic E-state index is 0.727. The van der Waals surface area contributed by atoms with Gasteiger partial charge in [-0.3, -0.25) is 0 Å². The largest absolute Gasteiger partial charge is 0.361 e. The summed E-state index contributed by atoms with van der Waals surface area (Å²) < 4.78 is 0. The molecule has 2 aromatic heterocycles. The number of hydrogen-bond acceptors (Lipinski definition) is 3. The Labute approximate surface area is 105 Å². The minimum Gasteiger partial charge on any atom is -0.361 e. The minimum absolute atomic E-state index is 0.727. The first-order chi connectivity index (χ1) is 8.93. The third-order valence-corrected chi connectivity index (χ3v) is 2.92. The van der Waals surface area contributed by atoms with Gasteiger partial charge in [-0.25, -0.2) is 0 Å². The molecule has 0 fully saturated rings. The Hall–Kier alpha value is -2.20. The molecular formula is C14H14N4. The van der Waals surface area contributed by atoms with Crippen molar-refractivity contribution >= 4 is 10.9 Å². The van der Waals surface area contributed by atoms with E-state index in [0.29, 0.717) is 0 Å². The molecule has 0 aliphatic carbocycles. The molecule has 3 rings (SSSR count). The summed E-state index contributed by atoms with van der Waals surface area (Å²) in [4.78, 5) is 3.27. The fraction of sp³-hybridized carbons (Fsp3) is 0.143. The molecule has 4 heteroatoms. The molecular weight excluding hydrogens is 224 g/mol. The van der Waals surface area contributed by atoms with Crippen LogP contribution >= 0.6 is 0 Å². The lowest BCUT2D eigenvalue weighted by atomic mass is 10.1. The van der Waals surface area contributed by atoms with Gasteiger partial charge in [0.2, 0.25) is 0 Å². The van der Waals surface area contributed by atoms with E-state index in [9.17, 15) is 0 Å². The van der Waals surface area contributed by atoms with Gasteiger partial charge in [0.15, 0.2) is 0 Å². The van der Waals surface area contributed by atoms with Crippen LogP contribution in [-0.2, 0) is 13.1 Å². The van der Waals surface area contributed by atoms with Crippen LogP contribution in [0.15, 0.2) is 48.8 Å². The molecule has 0 unspecified atom stereocenters. The molecule has 1 aromatic carbocycles. The SMILES string of the molecule is c1cnnc(CNCc2cccc3cc[nH]c23)c1. The molecule has 2 heterocycles. The second kappa shape index (κ2) is 4.98. The van der Waals surface area contributed by atoms with Gasteiger partial charge < -0.3 is 10.3 Å². The lowest BCUT2D eigenvalue weighted by Gasteiger charge is -2.05. The van der Waals surface area contributed by atoms with Gasteiger partial charge in [0.25, 0.3) is 0 Å². The molecule has 90 valence electrons. The summed E-state index contributed by atoms with van der Waals surface area (Å²) in [6.45, 7) is 1.54. The van der Waals surface area contributed by atoms with Crippen LogP contribution < -0.4 is 5.32 Å². The first-order valence-corrected chi connectivity index (χ1v) is 5.96. The van der Waals surface area contributed by atoms with Crippen LogP contribution in [0.1, 0.15) is 11.3 Å². The number of aromatic amines is 1. The number of hydrogen-bond donors (Lipinski definition) is 2. The number of fused-ring (bicyclic) bond motifs is 1. The highest BCUT2D eigenvalue weighted by molar-refractivity contribution is 5.82. The van der Waals surface area contributed by atoms with E-state index in [1.807, 2.05) is 18.3 Å². The number of para-hydroxylation sites is 1. The van der Waals surface area contributed by atoms with Crippen molar-refractivity contribution in [2.45, 2.75) is 13.1 Å². The summed E-state index contributed by atoms with van der Waals surface area (Å²) in [6, 6.07) is 12.3. The van der Waals surface area contributed by atoms with Crippen molar-refractivity contribution in [3.63, 3.8) is 0 Å². The van der Waals surface area contributed by atoms with Crippen LogP contribution in [0.3, 0.4) is 0 Å². The predicted octanol–water partition coefficient (Wildman–Crippen LogP) is 2.25. The lowest BCUT2D eigenvalue weighted by molar-refractivity contribution is 0.672. The molecule has 0 saturated carbocycles. The Morgan fingerprint density at radius 3 is 2.94 bits per heavy atom. The molecule has 0 bridgehead atoms. The van der Waals surface area contributed by atoms with E-state index in [2.05, 4.69) is 44.8 Å². The summed E-state index contributed by atoms with van der Waals surface area (Å²) in [5, 5.41) is 12.5. The normalized spacial score (nSPS) is 10.9. The Bertz CT molecular complexity index is 630. The van der Waals surface area contributed by atoms with Gasteiger partial charge in [-0.1, -0.05) is 18.2 Å². The average molecular weight is 238 g/mol. The first kappa shape index (κ1) is 10.9. The number of nitrogens with one attached hydrogen (secondary N) is 2. The van der Waals surface area contributed by atoms with Crippen molar-refractivity contribution in [3.05, 3.63) is 60.0 Å². The maximum atomic E-state index is 4.04. The van der Waals surface area contributed by atoms with Gasteiger partial charge in [0, 0.05) is 31.0 Å². The van der Waals surface area contributed by atoms with Crippen LogP contribution in [0.25, 0.3) is 10.9 Å². The second-order valence-corrected chi connectivity index (χ2v) is 4.18. The summed E-state index contributed by atoms with van der Waals surface area (Å²) in [5.74, 6) is 0.